The van der Waals surface area contributed by atoms with E-state index in [4.69, 9.17) is 5.73 Å². The molecular weight excluding hydrogens is 178 g/mol. The molecule has 0 amide bonds. The van der Waals surface area contributed by atoms with Crippen LogP contribution in [0.3, 0.4) is 0 Å². The molecule has 0 bridgehead atoms. The van der Waals surface area contributed by atoms with Crippen molar-refractivity contribution in [3.8, 4) is 11.8 Å². The van der Waals surface area contributed by atoms with Crippen molar-refractivity contribution in [1.82, 2.24) is 0 Å². The van der Waals surface area contributed by atoms with E-state index in [2.05, 4.69) is 24.5 Å². The van der Waals surface area contributed by atoms with Crippen LogP contribution in [0.15, 0.2) is 24.3 Å². The molecule has 2 N–H and O–H groups in total. The van der Waals surface area contributed by atoms with Gasteiger partial charge in [-0.2, -0.15) is 12.6 Å². The van der Waals surface area contributed by atoms with Crippen LogP contribution in [0.25, 0.3) is 0 Å². The van der Waals surface area contributed by atoms with Crippen LogP contribution in [0.1, 0.15) is 17.5 Å². The molecule has 0 spiro atoms. The van der Waals surface area contributed by atoms with E-state index in [1.165, 1.54) is 0 Å². The van der Waals surface area contributed by atoms with Crippen molar-refractivity contribution < 1.29 is 0 Å². The summed E-state index contributed by atoms with van der Waals surface area (Å²) < 4.78 is 0. The second-order valence-corrected chi connectivity index (χ2v) is 3.12. The minimum Gasteiger partial charge on any atom is -0.326 e. The molecule has 1 rings (SSSR count). The lowest BCUT2D eigenvalue weighted by Gasteiger charge is -1.94. The van der Waals surface area contributed by atoms with Gasteiger partial charge in [-0.25, -0.2) is 0 Å². The summed E-state index contributed by atoms with van der Waals surface area (Å²) in [5, 5.41) is 0. The Hall–Kier alpha value is -0.910. The van der Waals surface area contributed by atoms with Crippen molar-refractivity contribution >= 4 is 12.6 Å². The van der Waals surface area contributed by atoms with Crippen molar-refractivity contribution in [2.45, 2.75) is 13.0 Å². The number of thiol groups is 1. The van der Waals surface area contributed by atoms with E-state index in [0.29, 0.717) is 6.54 Å². The standard InChI is InChI=1S/C11H13NS/c12-9-11-6-4-10(5-7-11)3-1-2-8-13/h4-7,13H,2,8-9,12H2. The van der Waals surface area contributed by atoms with Gasteiger partial charge in [0.05, 0.1) is 0 Å². The molecule has 0 saturated carbocycles. The van der Waals surface area contributed by atoms with E-state index in [0.717, 1.165) is 23.3 Å². The van der Waals surface area contributed by atoms with Crippen LogP contribution >= 0.6 is 12.6 Å². The zero-order chi connectivity index (χ0) is 9.52. The first-order valence-electron chi connectivity index (χ1n) is 4.25. The van der Waals surface area contributed by atoms with Gasteiger partial charge in [-0.15, -0.1) is 0 Å². The van der Waals surface area contributed by atoms with E-state index in [9.17, 15) is 0 Å². The zero-order valence-electron chi connectivity index (χ0n) is 7.46. The molecule has 0 aliphatic heterocycles. The Kier molecular flexibility index (Phi) is 4.45. The number of hydrogen-bond acceptors (Lipinski definition) is 2. The average Bonchev–Trinajstić information content (AvgIpc) is 2.19. The lowest BCUT2D eigenvalue weighted by atomic mass is 10.1. The summed E-state index contributed by atoms with van der Waals surface area (Å²) in [5.74, 6) is 6.90. The van der Waals surface area contributed by atoms with Gasteiger partial charge in [0.2, 0.25) is 0 Å². The molecule has 1 aromatic rings. The topological polar surface area (TPSA) is 26.0 Å². The van der Waals surface area contributed by atoms with Crippen LogP contribution < -0.4 is 5.73 Å². The molecule has 1 nitrogen and oxygen atoms in total. The molecule has 0 radical (unpaired) electrons. The lowest BCUT2D eigenvalue weighted by Crippen LogP contribution is -1.95. The van der Waals surface area contributed by atoms with E-state index in [1.807, 2.05) is 24.3 Å². The van der Waals surface area contributed by atoms with Crippen LogP contribution in [0.2, 0.25) is 0 Å². The van der Waals surface area contributed by atoms with Crippen LogP contribution in [-0.2, 0) is 6.54 Å². The van der Waals surface area contributed by atoms with Crippen LogP contribution in [0.5, 0.6) is 0 Å². The Morgan fingerprint density at radius 2 is 1.92 bits per heavy atom. The fraction of sp³-hybridized carbons (Fsp3) is 0.273. The SMILES string of the molecule is NCc1ccc(C#CCCS)cc1. The summed E-state index contributed by atoms with van der Waals surface area (Å²) in [6.07, 6.45) is 0.835. The van der Waals surface area contributed by atoms with Gasteiger partial charge in [0.15, 0.2) is 0 Å². The van der Waals surface area contributed by atoms with Gasteiger partial charge in [-0.05, 0) is 17.7 Å². The number of rotatable bonds is 2. The van der Waals surface area contributed by atoms with E-state index in [-0.39, 0.29) is 0 Å². The highest BCUT2D eigenvalue weighted by molar-refractivity contribution is 7.80. The number of hydrogen-bond donors (Lipinski definition) is 2. The molecule has 68 valence electrons. The third-order valence-electron chi connectivity index (χ3n) is 1.66. The first-order valence-corrected chi connectivity index (χ1v) is 4.89. The maximum atomic E-state index is 5.48. The molecule has 2 heteroatoms. The Labute approximate surface area is 84.8 Å². The molecule has 13 heavy (non-hydrogen) atoms. The molecule has 0 fully saturated rings. The Bertz CT molecular complexity index is 305. The first kappa shape index (κ1) is 10.2. The van der Waals surface area contributed by atoms with E-state index >= 15 is 0 Å². The van der Waals surface area contributed by atoms with Crippen LogP contribution in [0, 0.1) is 11.8 Å². The maximum Gasteiger partial charge on any atom is 0.0245 e. The first-order chi connectivity index (χ1) is 6.36. The smallest absolute Gasteiger partial charge is 0.0245 e. The molecular formula is C11H13NS. The van der Waals surface area contributed by atoms with E-state index < -0.39 is 0 Å². The van der Waals surface area contributed by atoms with Crippen LogP contribution in [0.4, 0.5) is 0 Å². The van der Waals surface area contributed by atoms with Crippen molar-refractivity contribution in [2.75, 3.05) is 5.75 Å². The van der Waals surface area contributed by atoms with Crippen molar-refractivity contribution in [3.63, 3.8) is 0 Å². The highest BCUT2D eigenvalue weighted by Crippen LogP contribution is 2.01. The summed E-state index contributed by atoms with van der Waals surface area (Å²) in [4.78, 5) is 0. The second kappa shape index (κ2) is 5.69. The molecule has 0 aliphatic carbocycles. The fourth-order valence-corrected chi connectivity index (χ4v) is 1.06. The van der Waals surface area contributed by atoms with E-state index in [1.54, 1.807) is 0 Å². The quantitative estimate of drug-likeness (QED) is 0.541. The van der Waals surface area contributed by atoms with Crippen molar-refractivity contribution in [2.24, 2.45) is 5.73 Å². The Balaban J connectivity index is 2.65. The second-order valence-electron chi connectivity index (χ2n) is 2.68. The number of benzene rings is 1. The molecule has 0 saturated heterocycles. The van der Waals surface area contributed by atoms with Gasteiger partial charge in [0.25, 0.3) is 0 Å². The van der Waals surface area contributed by atoms with Gasteiger partial charge in [-0.1, -0.05) is 24.0 Å². The summed E-state index contributed by atoms with van der Waals surface area (Å²) >= 11 is 4.08. The minimum absolute atomic E-state index is 0.588. The molecule has 0 heterocycles. The predicted molar refractivity (Wildman–Crippen MR) is 59.7 cm³/mol. The third-order valence-corrected chi connectivity index (χ3v) is 1.88. The summed E-state index contributed by atoms with van der Waals surface area (Å²) in [5.41, 5.74) is 7.65. The zero-order valence-corrected chi connectivity index (χ0v) is 8.35. The van der Waals surface area contributed by atoms with Gasteiger partial charge in [-0.3, -0.25) is 0 Å². The van der Waals surface area contributed by atoms with Crippen molar-refractivity contribution in [3.05, 3.63) is 35.4 Å². The Morgan fingerprint density at radius 1 is 1.23 bits per heavy atom. The maximum absolute atomic E-state index is 5.48. The largest absolute Gasteiger partial charge is 0.326 e. The van der Waals surface area contributed by atoms with Gasteiger partial charge >= 0.3 is 0 Å². The van der Waals surface area contributed by atoms with Gasteiger partial charge in [0, 0.05) is 24.3 Å². The number of nitrogens with two attached hydrogens (primary N) is 1. The molecule has 0 aromatic heterocycles. The monoisotopic (exact) mass is 191 g/mol. The molecule has 1 aromatic carbocycles. The lowest BCUT2D eigenvalue weighted by molar-refractivity contribution is 1.07. The highest BCUT2D eigenvalue weighted by Gasteiger charge is 1.88. The predicted octanol–water partition coefficient (Wildman–Crippen LogP) is 1.82. The molecule has 0 atom stereocenters. The third kappa shape index (κ3) is 3.54. The normalized spacial score (nSPS) is 9.08. The Morgan fingerprint density at radius 3 is 2.46 bits per heavy atom. The van der Waals surface area contributed by atoms with Gasteiger partial charge < -0.3 is 5.73 Å². The molecule has 0 aliphatic rings. The molecule has 0 unspecified atom stereocenters. The summed E-state index contributed by atoms with van der Waals surface area (Å²) in [7, 11) is 0. The minimum atomic E-state index is 0.588. The van der Waals surface area contributed by atoms with Crippen molar-refractivity contribution in [1.29, 1.82) is 0 Å². The summed E-state index contributed by atoms with van der Waals surface area (Å²) in [6.45, 7) is 0.588. The fourth-order valence-electron chi connectivity index (χ4n) is 0.945. The average molecular weight is 191 g/mol. The summed E-state index contributed by atoms with van der Waals surface area (Å²) in [6, 6.07) is 8.00. The van der Waals surface area contributed by atoms with Crippen LogP contribution in [-0.4, -0.2) is 5.75 Å². The van der Waals surface area contributed by atoms with Gasteiger partial charge in [0.1, 0.15) is 0 Å². The highest BCUT2D eigenvalue weighted by atomic mass is 32.1.